The lowest BCUT2D eigenvalue weighted by atomic mass is 9.97. The third-order valence-electron chi connectivity index (χ3n) is 3.82. The van der Waals surface area contributed by atoms with E-state index in [2.05, 4.69) is 54.6 Å². The number of rotatable bonds is 2. The zero-order valence-electron chi connectivity index (χ0n) is 11.0. The van der Waals surface area contributed by atoms with Crippen LogP contribution in [0.15, 0.2) is 71.3 Å². The monoisotopic (exact) mass is 258 g/mol. The minimum atomic E-state index is 0.948. The molecule has 3 aromatic rings. The van der Waals surface area contributed by atoms with Crippen molar-refractivity contribution >= 4 is 11.6 Å². The predicted octanol–water partition coefficient (Wildman–Crippen LogP) is 5.04. The first kappa shape index (κ1) is 11.3. The molecule has 1 nitrogen and oxygen atoms in total. The molecule has 0 fully saturated rings. The van der Waals surface area contributed by atoms with Crippen LogP contribution in [0.1, 0.15) is 16.9 Å². The van der Waals surface area contributed by atoms with Crippen molar-refractivity contribution in [3.05, 3.63) is 83.8 Å². The highest BCUT2D eigenvalue weighted by atomic mass is 16.3. The van der Waals surface area contributed by atoms with Crippen LogP contribution < -0.4 is 0 Å². The average molecular weight is 258 g/mol. The number of benzene rings is 2. The Bertz CT molecular complexity index is 765. The van der Waals surface area contributed by atoms with Gasteiger partial charge in [-0.1, -0.05) is 48.5 Å². The van der Waals surface area contributed by atoms with Crippen molar-refractivity contribution in [2.45, 2.75) is 6.42 Å². The van der Waals surface area contributed by atoms with Gasteiger partial charge in [-0.15, -0.1) is 0 Å². The molecule has 1 heteroatoms. The molecule has 0 aliphatic heterocycles. The van der Waals surface area contributed by atoms with E-state index in [0.29, 0.717) is 0 Å². The van der Waals surface area contributed by atoms with E-state index in [4.69, 9.17) is 4.42 Å². The van der Waals surface area contributed by atoms with Gasteiger partial charge in [0.25, 0.3) is 0 Å². The SMILES string of the molecule is C1=C(c2ccco2)Cc2cccc(-c3ccccc3)c21. The molecule has 0 bridgehead atoms. The summed E-state index contributed by atoms with van der Waals surface area (Å²) in [5.74, 6) is 0.972. The van der Waals surface area contributed by atoms with E-state index >= 15 is 0 Å². The van der Waals surface area contributed by atoms with Crippen LogP contribution >= 0.6 is 0 Å². The Morgan fingerprint density at radius 1 is 0.800 bits per heavy atom. The lowest BCUT2D eigenvalue weighted by Gasteiger charge is -2.07. The summed E-state index contributed by atoms with van der Waals surface area (Å²) in [6, 6.07) is 21.0. The standard InChI is InChI=1S/C19H14O/c1-2-6-14(7-3-1)17-9-4-8-15-12-16(13-18(15)17)19-10-5-11-20-19/h1-11,13H,12H2. The van der Waals surface area contributed by atoms with Crippen LogP contribution in [0.3, 0.4) is 0 Å². The third-order valence-corrected chi connectivity index (χ3v) is 3.82. The Kier molecular flexibility index (Phi) is 2.56. The first-order valence-electron chi connectivity index (χ1n) is 6.83. The molecule has 1 heterocycles. The maximum atomic E-state index is 5.53. The topological polar surface area (TPSA) is 13.1 Å². The van der Waals surface area contributed by atoms with E-state index in [1.807, 2.05) is 12.1 Å². The van der Waals surface area contributed by atoms with Gasteiger partial charge in [0.1, 0.15) is 5.76 Å². The fourth-order valence-corrected chi connectivity index (χ4v) is 2.86. The van der Waals surface area contributed by atoms with Crippen molar-refractivity contribution < 1.29 is 4.42 Å². The number of allylic oxidation sites excluding steroid dienone is 1. The lowest BCUT2D eigenvalue weighted by molar-refractivity contribution is 0.552. The quantitative estimate of drug-likeness (QED) is 0.627. The molecule has 0 saturated heterocycles. The van der Waals surface area contributed by atoms with Crippen LogP contribution in [-0.2, 0) is 6.42 Å². The van der Waals surface area contributed by atoms with Gasteiger partial charge >= 0.3 is 0 Å². The zero-order valence-corrected chi connectivity index (χ0v) is 11.0. The van der Waals surface area contributed by atoms with E-state index in [1.54, 1.807) is 6.26 Å². The van der Waals surface area contributed by atoms with Gasteiger partial charge in [-0.2, -0.15) is 0 Å². The van der Waals surface area contributed by atoms with Gasteiger partial charge in [0.2, 0.25) is 0 Å². The molecule has 1 aliphatic carbocycles. The zero-order chi connectivity index (χ0) is 13.4. The summed E-state index contributed by atoms with van der Waals surface area (Å²) >= 11 is 0. The van der Waals surface area contributed by atoms with Gasteiger partial charge in [0.05, 0.1) is 6.26 Å². The minimum absolute atomic E-state index is 0.948. The van der Waals surface area contributed by atoms with Crippen LogP contribution in [0.5, 0.6) is 0 Å². The Labute approximate surface area is 118 Å². The molecule has 0 unspecified atom stereocenters. The molecule has 0 spiro atoms. The van der Waals surface area contributed by atoms with Crippen LogP contribution in [0, 0.1) is 0 Å². The lowest BCUT2D eigenvalue weighted by Crippen LogP contribution is -1.87. The molecule has 0 atom stereocenters. The molecular weight excluding hydrogens is 244 g/mol. The van der Waals surface area contributed by atoms with E-state index in [1.165, 1.54) is 27.8 Å². The van der Waals surface area contributed by atoms with Gasteiger partial charge < -0.3 is 4.42 Å². The van der Waals surface area contributed by atoms with Crippen molar-refractivity contribution in [2.75, 3.05) is 0 Å². The molecule has 0 N–H and O–H groups in total. The van der Waals surface area contributed by atoms with Crippen molar-refractivity contribution in [1.82, 2.24) is 0 Å². The summed E-state index contributed by atoms with van der Waals surface area (Å²) in [5.41, 5.74) is 6.52. The van der Waals surface area contributed by atoms with E-state index in [9.17, 15) is 0 Å². The van der Waals surface area contributed by atoms with E-state index in [-0.39, 0.29) is 0 Å². The summed E-state index contributed by atoms with van der Waals surface area (Å²) in [6.45, 7) is 0. The summed E-state index contributed by atoms with van der Waals surface area (Å²) in [4.78, 5) is 0. The number of hydrogen-bond acceptors (Lipinski definition) is 1. The fourth-order valence-electron chi connectivity index (χ4n) is 2.86. The summed E-state index contributed by atoms with van der Waals surface area (Å²) in [7, 11) is 0. The van der Waals surface area contributed by atoms with Crippen LogP contribution in [0.2, 0.25) is 0 Å². The van der Waals surface area contributed by atoms with E-state index < -0.39 is 0 Å². The average Bonchev–Trinajstić information content (AvgIpc) is 3.16. The van der Waals surface area contributed by atoms with Crippen LogP contribution in [-0.4, -0.2) is 0 Å². The maximum Gasteiger partial charge on any atom is 0.130 e. The van der Waals surface area contributed by atoms with Crippen molar-refractivity contribution in [1.29, 1.82) is 0 Å². The largest absolute Gasteiger partial charge is 0.465 e. The van der Waals surface area contributed by atoms with Gasteiger partial charge in [0, 0.05) is 6.42 Å². The normalized spacial score (nSPS) is 13.1. The summed E-state index contributed by atoms with van der Waals surface area (Å²) in [5, 5.41) is 0. The van der Waals surface area contributed by atoms with Gasteiger partial charge in [-0.25, -0.2) is 0 Å². The molecule has 96 valence electrons. The molecule has 0 amide bonds. The Hall–Kier alpha value is -2.54. The highest BCUT2D eigenvalue weighted by molar-refractivity contribution is 5.92. The smallest absolute Gasteiger partial charge is 0.130 e. The molecule has 1 aliphatic rings. The molecule has 1 aromatic heterocycles. The Morgan fingerprint density at radius 3 is 2.50 bits per heavy atom. The second-order valence-electron chi connectivity index (χ2n) is 5.07. The fraction of sp³-hybridized carbons (Fsp3) is 0.0526. The Morgan fingerprint density at radius 2 is 1.70 bits per heavy atom. The van der Waals surface area contributed by atoms with Crippen molar-refractivity contribution in [3.63, 3.8) is 0 Å². The van der Waals surface area contributed by atoms with Crippen molar-refractivity contribution in [3.8, 4) is 11.1 Å². The number of furan rings is 1. The minimum Gasteiger partial charge on any atom is -0.465 e. The van der Waals surface area contributed by atoms with Gasteiger partial charge in [-0.05, 0) is 46.0 Å². The molecule has 20 heavy (non-hydrogen) atoms. The van der Waals surface area contributed by atoms with Crippen LogP contribution in [0.4, 0.5) is 0 Å². The first-order valence-corrected chi connectivity index (χ1v) is 6.83. The van der Waals surface area contributed by atoms with E-state index in [0.717, 1.165) is 12.2 Å². The second-order valence-corrected chi connectivity index (χ2v) is 5.07. The molecule has 4 rings (SSSR count). The van der Waals surface area contributed by atoms with Gasteiger partial charge in [0.15, 0.2) is 0 Å². The molecule has 0 saturated carbocycles. The maximum absolute atomic E-state index is 5.53. The third kappa shape index (κ3) is 1.79. The predicted molar refractivity (Wildman–Crippen MR) is 82.2 cm³/mol. The molecule has 0 radical (unpaired) electrons. The summed E-state index contributed by atoms with van der Waals surface area (Å²) < 4.78 is 5.53. The first-order chi connectivity index (χ1) is 9.92. The Balaban J connectivity index is 1.84. The van der Waals surface area contributed by atoms with Gasteiger partial charge in [-0.3, -0.25) is 0 Å². The summed E-state index contributed by atoms with van der Waals surface area (Å²) in [6.07, 6.45) is 4.94. The van der Waals surface area contributed by atoms with Crippen molar-refractivity contribution in [2.24, 2.45) is 0 Å². The van der Waals surface area contributed by atoms with Crippen LogP contribution in [0.25, 0.3) is 22.8 Å². The highest BCUT2D eigenvalue weighted by Crippen LogP contribution is 2.37. The number of hydrogen-bond donors (Lipinski definition) is 0. The molecule has 2 aromatic carbocycles. The molecular formula is C19H14O. The number of fused-ring (bicyclic) bond motifs is 1. The second kappa shape index (κ2) is 4.53. The highest BCUT2D eigenvalue weighted by Gasteiger charge is 2.18.